The van der Waals surface area contributed by atoms with Crippen LogP contribution in [0.4, 0.5) is 9.59 Å². The third kappa shape index (κ3) is 6.95. The van der Waals surface area contributed by atoms with Crippen molar-refractivity contribution < 1.29 is 29.3 Å². The first-order valence-electron chi connectivity index (χ1n) is 14.4. The predicted octanol–water partition coefficient (Wildman–Crippen LogP) is 5.69. The molecule has 232 valence electrons. The Hall–Kier alpha value is -2.86. The number of piperazine rings is 1. The highest BCUT2D eigenvalue weighted by Crippen LogP contribution is 2.42. The Morgan fingerprint density at radius 2 is 1.93 bits per heavy atom. The number of nitrogens with zero attached hydrogens (tertiary/aromatic N) is 4. The average molecular weight is 652 g/mol. The quantitative estimate of drug-likeness (QED) is 0.376. The number of benzene rings is 1. The minimum Gasteiger partial charge on any atom is -0.465 e. The van der Waals surface area contributed by atoms with E-state index in [1.807, 2.05) is 11.4 Å². The van der Waals surface area contributed by atoms with Crippen molar-refractivity contribution in [1.82, 2.24) is 19.7 Å². The normalized spacial score (nSPS) is 20.3. The van der Waals surface area contributed by atoms with Crippen LogP contribution in [0, 0.1) is 0 Å². The van der Waals surface area contributed by atoms with Crippen molar-refractivity contribution >= 4 is 58.2 Å². The van der Waals surface area contributed by atoms with Crippen LogP contribution >= 0.6 is 34.5 Å². The number of rotatable bonds is 8. The van der Waals surface area contributed by atoms with Crippen molar-refractivity contribution in [2.45, 2.75) is 83.1 Å². The van der Waals surface area contributed by atoms with Gasteiger partial charge in [-0.2, -0.15) is 0 Å². The molecule has 3 heterocycles. The maximum Gasteiger partial charge on any atom is 0.410 e. The van der Waals surface area contributed by atoms with Crippen molar-refractivity contribution in [3.05, 3.63) is 55.5 Å². The number of aliphatic hydroxyl groups excluding tert-OH is 1. The van der Waals surface area contributed by atoms with Gasteiger partial charge < -0.3 is 24.7 Å². The van der Waals surface area contributed by atoms with Crippen LogP contribution in [0.25, 0.3) is 5.57 Å². The van der Waals surface area contributed by atoms with Crippen LogP contribution in [-0.2, 0) is 22.5 Å². The summed E-state index contributed by atoms with van der Waals surface area (Å²) in [4.78, 5) is 49.9. The number of thiazole rings is 1. The van der Waals surface area contributed by atoms with E-state index in [0.717, 1.165) is 18.5 Å². The van der Waals surface area contributed by atoms with E-state index in [-0.39, 0.29) is 44.6 Å². The van der Waals surface area contributed by atoms with Crippen LogP contribution in [0.5, 0.6) is 0 Å². The molecule has 1 aliphatic carbocycles. The highest BCUT2D eigenvalue weighted by molar-refractivity contribution is 7.10. The van der Waals surface area contributed by atoms with Gasteiger partial charge in [-0.25, -0.2) is 14.6 Å². The van der Waals surface area contributed by atoms with Gasteiger partial charge in [0.2, 0.25) is 0 Å². The second kappa shape index (κ2) is 12.6. The second-order valence-electron chi connectivity index (χ2n) is 12.2. The summed E-state index contributed by atoms with van der Waals surface area (Å²) in [5.74, 6) is -0.304. The van der Waals surface area contributed by atoms with Gasteiger partial charge in [0.25, 0.3) is 5.91 Å². The third-order valence-corrected chi connectivity index (χ3v) is 9.59. The second-order valence-corrected chi connectivity index (χ2v) is 13.8. The van der Waals surface area contributed by atoms with Crippen LogP contribution < -0.4 is 0 Å². The Morgan fingerprint density at radius 1 is 1.19 bits per heavy atom. The van der Waals surface area contributed by atoms with Gasteiger partial charge in [0, 0.05) is 48.8 Å². The van der Waals surface area contributed by atoms with Crippen molar-refractivity contribution in [2.75, 3.05) is 19.7 Å². The largest absolute Gasteiger partial charge is 0.465 e. The van der Waals surface area contributed by atoms with E-state index in [2.05, 4.69) is 0 Å². The van der Waals surface area contributed by atoms with E-state index >= 15 is 0 Å². The standard InChI is InChI=1S/C30H36Cl2N4O6S/c1-30(2,3)42-29(41)34-14-20-12-21(26-33-18(16-43-26)7-5-11-37)24(23(15-34)36(20)28(39)40)27(38)35(19-9-10-19)13-17-6-4-8-22(31)25(17)32/h4,6,8,16,19-20,23,37H,5,7,9-15H2,1-3H3,(H,39,40)/t20?,23-/m1/s1. The summed E-state index contributed by atoms with van der Waals surface area (Å²) >= 11 is 14.2. The zero-order valence-corrected chi connectivity index (χ0v) is 26.7. The molecule has 2 N–H and O–H groups in total. The summed E-state index contributed by atoms with van der Waals surface area (Å²) in [5, 5.41) is 23.0. The number of hydrogen-bond donors (Lipinski definition) is 2. The zero-order valence-electron chi connectivity index (χ0n) is 24.4. The first-order valence-corrected chi connectivity index (χ1v) is 16.0. The molecule has 10 nitrogen and oxygen atoms in total. The lowest BCUT2D eigenvalue weighted by molar-refractivity contribution is -0.129. The number of carbonyl (C=O) groups is 3. The molecule has 43 heavy (non-hydrogen) atoms. The Bertz CT molecular complexity index is 1440. The van der Waals surface area contributed by atoms with Crippen LogP contribution in [0.3, 0.4) is 0 Å². The van der Waals surface area contributed by atoms with Crippen LogP contribution in [-0.4, -0.2) is 91.4 Å². The number of ether oxygens (including phenoxy) is 1. The molecule has 2 fully saturated rings. The molecular formula is C30H36Cl2N4O6S. The van der Waals surface area contributed by atoms with Crippen LogP contribution in [0.1, 0.15) is 62.7 Å². The molecule has 1 aromatic heterocycles. The summed E-state index contributed by atoms with van der Waals surface area (Å²) in [5.41, 5.74) is 1.78. The average Bonchev–Trinajstić information content (AvgIpc) is 3.66. The maximum atomic E-state index is 14.7. The molecular weight excluding hydrogens is 615 g/mol. The molecule has 3 amide bonds. The van der Waals surface area contributed by atoms with E-state index in [9.17, 15) is 24.6 Å². The van der Waals surface area contributed by atoms with Gasteiger partial charge in [-0.05, 0) is 64.5 Å². The fourth-order valence-electron chi connectivity index (χ4n) is 5.73. The highest BCUT2D eigenvalue weighted by atomic mass is 35.5. The third-order valence-electron chi connectivity index (χ3n) is 7.78. The molecule has 2 bridgehead atoms. The van der Waals surface area contributed by atoms with Gasteiger partial charge in [-0.1, -0.05) is 35.3 Å². The number of carbonyl (C=O) groups excluding carboxylic acids is 2. The smallest absolute Gasteiger partial charge is 0.410 e. The number of fused-ring (bicyclic) bond motifs is 2. The molecule has 0 spiro atoms. The predicted molar refractivity (Wildman–Crippen MR) is 164 cm³/mol. The minimum atomic E-state index is -1.15. The number of amides is 3. The summed E-state index contributed by atoms with van der Waals surface area (Å²) in [7, 11) is 0. The van der Waals surface area contributed by atoms with E-state index in [1.54, 1.807) is 37.8 Å². The van der Waals surface area contributed by atoms with E-state index in [1.165, 1.54) is 21.1 Å². The number of aliphatic hydroxyl groups is 1. The SMILES string of the molecule is CC(C)(C)OC(=O)N1CC2CC(c3nc(CCCO)cs3)=C(C(=O)N(Cc3cccc(Cl)c3Cl)C3CC3)[C@@H](C1)N2C(=O)O. The lowest BCUT2D eigenvalue weighted by Gasteiger charge is -2.49. The van der Waals surface area contributed by atoms with E-state index in [4.69, 9.17) is 32.9 Å². The van der Waals surface area contributed by atoms with E-state index in [0.29, 0.717) is 44.6 Å². The van der Waals surface area contributed by atoms with Gasteiger partial charge in [-0.3, -0.25) is 9.69 Å². The summed E-state index contributed by atoms with van der Waals surface area (Å²) in [6.45, 7) is 5.68. The summed E-state index contributed by atoms with van der Waals surface area (Å²) in [6, 6.07) is 3.76. The number of aromatic nitrogens is 1. The highest BCUT2D eigenvalue weighted by Gasteiger charge is 2.50. The van der Waals surface area contributed by atoms with E-state index < -0.39 is 29.9 Å². The molecule has 1 saturated heterocycles. The van der Waals surface area contributed by atoms with Crippen LogP contribution in [0.15, 0.2) is 29.2 Å². The summed E-state index contributed by atoms with van der Waals surface area (Å²) < 4.78 is 5.64. The lowest BCUT2D eigenvalue weighted by atomic mass is 9.84. The molecule has 5 rings (SSSR count). The fraction of sp³-hybridized carbons (Fsp3) is 0.533. The zero-order chi connectivity index (χ0) is 31.1. The van der Waals surface area contributed by atoms with Crippen molar-refractivity contribution in [3.63, 3.8) is 0 Å². The molecule has 13 heteroatoms. The van der Waals surface area contributed by atoms with Gasteiger partial charge in [-0.15, -0.1) is 11.3 Å². The number of halogens is 2. The Kier molecular flexibility index (Phi) is 9.27. The summed E-state index contributed by atoms with van der Waals surface area (Å²) in [6.07, 6.45) is 1.30. The topological polar surface area (TPSA) is 124 Å². The van der Waals surface area contributed by atoms with Crippen molar-refractivity contribution in [1.29, 1.82) is 0 Å². The first kappa shape index (κ1) is 31.6. The lowest BCUT2D eigenvalue weighted by Crippen LogP contribution is -2.65. The van der Waals surface area contributed by atoms with Gasteiger partial charge in [0.05, 0.1) is 27.8 Å². The number of hydrogen-bond acceptors (Lipinski definition) is 7. The van der Waals surface area contributed by atoms with Gasteiger partial charge in [0.15, 0.2) is 0 Å². The maximum absolute atomic E-state index is 14.7. The molecule has 1 unspecified atom stereocenters. The fourth-order valence-corrected chi connectivity index (χ4v) is 7.03. The number of aryl methyl sites for hydroxylation is 1. The molecule has 1 aromatic carbocycles. The first-order chi connectivity index (χ1) is 20.4. The molecule has 0 radical (unpaired) electrons. The van der Waals surface area contributed by atoms with Crippen LogP contribution in [0.2, 0.25) is 10.0 Å². The molecule has 2 aliphatic heterocycles. The van der Waals surface area contributed by atoms with Gasteiger partial charge >= 0.3 is 12.2 Å². The van der Waals surface area contributed by atoms with Crippen molar-refractivity contribution in [3.8, 4) is 0 Å². The molecule has 2 atom stereocenters. The number of carboxylic acid groups (broad SMARTS) is 1. The van der Waals surface area contributed by atoms with Gasteiger partial charge in [0.1, 0.15) is 10.6 Å². The Labute approximate surface area is 264 Å². The molecule has 3 aliphatic rings. The molecule has 2 aromatic rings. The Balaban J connectivity index is 1.59. The molecule has 1 saturated carbocycles. The van der Waals surface area contributed by atoms with Crippen molar-refractivity contribution in [2.24, 2.45) is 0 Å². The minimum absolute atomic E-state index is 0.0263. The monoisotopic (exact) mass is 650 g/mol. The Morgan fingerprint density at radius 3 is 2.58 bits per heavy atom.